The number of rotatable bonds is 5. The van der Waals surface area contributed by atoms with Gasteiger partial charge in [-0.25, -0.2) is 4.39 Å². The van der Waals surface area contributed by atoms with Crippen LogP contribution in [-0.4, -0.2) is 19.0 Å². The van der Waals surface area contributed by atoms with Gasteiger partial charge in [0.25, 0.3) is 0 Å². The first-order valence-corrected chi connectivity index (χ1v) is 4.03. The predicted octanol–water partition coefficient (Wildman–Crippen LogP) is 1.45. The Labute approximate surface area is 78.3 Å². The highest BCUT2D eigenvalue weighted by Crippen LogP contribution is 2.50. The number of carbonyl (C=O) groups excluding carboxylic acids is 1. The van der Waals surface area contributed by atoms with E-state index < -0.39 is 24.9 Å². The Morgan fingerprint density at radius 2 is 2.14 bits per heavy atom. The third-order valence-electron chi connectivity index (χ3n) is 2.21. The molecule has 1 rings (SSSR count). The average molecular weight is 212 g/mol. The molecule has 2 atom stereocenters. The average Bonchev–Trinajstić information content (AvgIpc) is 2.87. The van der Waals surface area contributed by atoms with Gasteiger partial charge in [-0.05, 0) is 12.8 Å². The van der Waals surface area contributed by atoms with Crippen molar-refractivity contribution in [1.29, 1.82) is 0 Å². The molecule has 4 nitrogen and oxygen atoms in total. The molecule has 0 aromatic rings. The molecule has 0 heterocycles. The molecule has 0 spiro atoms. The van der Waals surface area contributed by atoms with Gasteiger partial charge in [0.05, 0.1) is 0 Å². The Morgan fingerprint density at radius 1 is 1.57 bits per heavy atom. The van der Waals surface area contributed by atoms with Crippen LogP contribution in [-0.2, 0) is 19.2 Å². The summed E-state index contributed by atoms with van der Waals surface area (Å²) in [5.41, 5.74) is -2.15. The van der Waals surface area contributed by atoms with Gasteiger partial charge in [-0.15, -0.1) is 0 Å². The molecule has 1 fully saturated rings. The molecule has 8 heteroatoms. The van der Waals surface area contributed by atoms with Gasteiger partial charge in [-0.2, -0.15) is 9.72 Å². The molecule has 0 aromatic heterocycles. The van der Waals surface area contributed by atoms with E-state index in [1.54, 1.807) is 6.92 Å². The second-order valence-corrected chi connectivity index (χ2v) is 3.04. The van der Waals surface area contributed by atoms with Gasteiger partial charge < -0.3 is 4.65 Å². The van der Waals surface area contributed by atoms with Crippen LogP contribution < -0.4 is 0 Å². The van der Waals surface area contributed by atoms with Crippen LogP contribution in [0.4, 0.5) is 13.4 Å². The first-order chi connectivity index (χ1) is 6.58. The minimum absolute atomic E-state index is 0.00632. The third kappa shape index (κ3) is 2.01. The normalized spacial score (nSPS) is 29.9. The Kier molecular flexibility index (Phi) is 3.38. The van der Waals surface area contributed by atoms with Crippen molar-refractivity contribution in [2.24, 2.45) is 5.92 Å². The van der Waals surface area contributed by atoms with E-state index >= 15 is 0 Å². The lowest BCUT2D eigenvalue weighted by molar-refractivity contribution is -0.167. The van der Waals surface area contributed by atoms with E-state index in [2.05, 4.69) is 14.4 Å². The van der Waals surface area contributed by atoms with Crippen molar-refractivity contribution >= 4 is 13.3 Å². The van der Waals surface area contributed by atoms with Crippen LogP contribution in [0.5, 0.6) is 0 Å². The van der Waals surface area contributed by atoms with E-state index in [0.29, 0.717) is 6.42 Å². The van der Waals surface area contributed by atoms with Gasteiger partial charge in [0, 0.05) is 5.92 Å². The van der Waals surface area contributed by atoms with Crippen molar-refractivity contribution in [2.75, 3.05) is 0 Å². The second kappa shape index (κ2) is 4.18. The zero-order valence-electron chi connectivity index (χ0n) is 7.34. The standard InChI is InChI=1S/C6H8BF3O4/c1-2-4-3-6(4,8)5(11)12-7(13-9)14-10/h4H,2-3H2,1H3. The number of alkyl halides is 1. The first kappa shape index (κ1) is 11.3. The Hall–Kier alpha value is -0.755. The summed E-state index contributed by atoms with van der Waals surface area (Å²) in [7, 11) is -2.45. The van der Waals surface area contributed by atoms with Crippen molar-refractivity contribution in [3.63, 3.8) is 0 Å². The molecule has 80 valence electrons. The monoisotopic (exact) mass is 212 g/mol. The maximum absolute atomic E-state index is 13.4. The number of carbonyl (C=O) groups is 1. The summed E-state index contributed by atoms with van der Waals surface area (Å²) in [5.74, 6) is -1.83. The molecule has 0 aromatic carbocycles. The molecule has 1 saturated carbocycles. The van der Waals surface area contributed by atoms with E-state index in [-0.39, 0.29) is 6.42 Å². The van der Waals surface area contributed by atoms with Crippen molar-refractivity contribution in [3.8, 4) is 0 Å². The molecule has 0 saturated heterocycles. The summed E-state index contributed by atoms with van der Waals surface area (Å²) in [6.45, 7) is 1.69. The number of hydrogen-bond acceptors (Lipinski definition) is 4. The summed E-state index contributed by atoms with van der Waals surface area (Å²) >= 11 is 0. The second-order valence-electron chi connectivity index (χ2n) is 3.04. The van der Waals surface area contributed by atoms with Crippen molar-refractivity contribution in [2.45, 2.75) is 25.4 Å². The smallest absolute Gasteiger partial charge is 0.479 e. The first-order valence-electron chi connectivity index (χ1n) is 4.03. The van der Waals surface area contributed by atoms with E-state index in [1.807, 2.05) is 0 Å². The maximum Gasteiger partial charge on any atom is 0.780 e. The van der Waals surface area contributed by atoms with E-state index in [1.165, 1.54) is 0 Å². The minimum Gasteiger partial charge on any atom is -0.479 e. The summed E-state index contributed by atoms with van der Waals surface area (Å²) in [6.07, 6.45) is 0.441. The molecule has 1 aliphatic carbocycles. The molecule has 0 aliphatic heterocycles. The Balaban J connectivity index is 2.43. The molecule has 0 amide bonds. The fraction of sp³-hybridized carbons (Fsp3) is 0.833. The van der Waals surface area contributed by atoms with E-state index in [4.69, 9.17) is 0 Å². The highest BCUT2D eigenvalue weighted by molar-refractivity contribution is 6.38. The van der Waals surface area contributed by atoms with E-state index in [9.17, 15) is 18.2 Å². The quantitative estimate of drug-likeness (QED) is 0.647. The fourth-order valence-corrected chi connectivity index (χ4v) is 1.25. The SMILES string of the molecule is CCC1CC1(F)C(=O)OB(OF)OF. The summed E-state index contributed by atoms with van der Waals surface area (Å²) < 4.78 is 39.9. The molecular formula is C6H8BF3O4. The lowest BCUT2D eigenvalue weighted by atomic mass is 10.2. The molecule has 0 bridgehead atoms. The van der Waals surface area contributed by atoms with Gasteiger partial charge in [0.15, 0.2) is 0 Å². The number of halogens is 3. The maximum atomic E-state index is 13.4. The van der Waals surface area contributed by atoms with Crippen LogP contribution in [0.15, 0.2) is 0 Å². The molecule has 0 N–H and O–H groups in total. The van der Waals surface area contributed by atoms with Gasteiger partial charge >= 0.3 is 13.3 Å². The van der Waals surface area contributed by atoms with Crippen LogP contribution in [0.3, 0.4) is 0 Å². The van der Waals surface area contributed by atoms with Crippen molar-refractivity contribution in [3.05, 3.63) is 0 Å². The molecular weight excluding hydrogens is 204 g/mol. The highest BCUT2D eigenvalue weighted by Gasteiger charge is 2.62. The van der Waals surface area contributed by atoms with Crippen molar-refractivity contribution < 1.29 is 32.6 Å². The molecule has 0 radical (unpaired) electrons. The summed E-state index contributed by atoms with van der Waals surface area (Å²) in [6, 6.07) is 0. The van der Waals surface area contributed by atoms with Crippen LogP contribution in [0.1, 0.15) is 19.8 Å². The van der Waals surface area contributed by atoms with Crippen LogP contribution >= 0.6 is 0 Å². The fourth-order valence-electron chi connectivity index (χ4n) is 1.25. The van der Waals surface area contributed by atoms with E-state index in [0.717, 1.165) is 0 Å². The summed E-state index contributed by atoms with van der Waals surface area (Å²) in [5, 5.41) is 0. The topological polar surface area (TPSA) is 44.8 Å². The lowest BCUT2D eigenvalue weighted by Gasteiger charge is -2.08. The molecule has 2 unspecified atom stereocenters. The van der Waals surface area contributed by atoms with Crippen molar-refractivity contribution in [1.82, 2.24) is 0 Å². The Bertz CT molecular complexity index is 225. The molecule has 14 heavy (non-hydrogen) atoms. The number of hydrogen-bond donors (Lipinski definition) is 0. The third-order valence-corrected chi connectivity index (χ3v) is 2.21. The lowest BCUT2D eigenvalue weighted by Crippen LogP contribution is -2.32. The van der Waals surface area contributed by atoms with Crippen LogP contribution in [0, 0.1) is 5.92 Å². The van der Waals surface area contributed by atoms with Gasteiger partial charge in [-0.3, -0.25) is 4.79 Å². The van der Waals surface area contributed by atoms with Crippen LogP contribution in [0.25, 0.3) is 0 Å². The van der Waals surface area contributed by atoms with Gasteiger partial charge in [0.1, 0.15) is 0 Å². The summed E-state index contributed by atoms with van der Waals surface area (Å²) in [4.78, 5) is 16.4. The highest BCUT2D eigenvalue weighted by atomic mass is 19.3. The minimum atomic E-state index is -2.45. The van der Waals surface area contributed by atoms with Gasteiger partial charge in [0.2, 0.25) is 5.67 Å². The zero-order chi connectivity index (χ0) is 10.8. The largest absolute Gasteiger partial charge is 0.780 e. The Morgan fingerprint density at radius 3 is 2.50 bits per heavy atom. The van der Waals surface area contributed by atoms with Crippen LogP contribution in [0.2, 0.25) is 0 Å². The molecule has 1 aliphatic rings. The predicted molar refractivity (Wildman–Crippen MR) is 38.5 cm³/mol. The zero-order valence-corrected chi connectivity index (χ0v) is 7.34. The van der Waals surface area contributed by atoms with Gasteiger partial charge in [-0.1, -0.05) is 16.0 Å².